The minimum Gasteiger partial charge on any atom is -0.383 e. The Kier molecular flexibility index (Phi) is 8.19. The first kappa shape index (κ1) is 16.5. The SMILES string of the molecule is COCCNCc1ccc(SCCC(C)C)c(C)c1. The number of methoxy groups -OCH3 is 1. The molecule has 19 heavy (non-hydrogen) atoms. The molecule has 0 spiro atoms. The predicted molar refractivity (Wildman–Crippen MR) is 84.9 cm³/mol. The highest BCUT2D eigenvalue weighted by atomic mass is 32.2. The number of hydrogen-bond acceptors (Lipinski definition) is 3. The van der Waals surface area contributed by atoms with Gasteiger partial charge in [-0.2, -0.15) is 0 Å². The fraction of sp³-hybridized carbons (Fsp3) is 0.625. The van der Waals surface area contributed by atoms with Gasteiger partial charge in [-0.3, -0.25) is 0 Å². The van der Waals surface area contributed by atoms with E-state index in [1.807, 2.05) is 11.8 Å². The number of thioether (sulfide) groups is 1. The van der Waals surface area contributed by atoms with Gasteiger partial charge in [0, 0.05) is 25.1 Å². The second kappa shape index (κ2) is 9.40. The molecular formula is C16H27NOS. The summed E-state index contributed by atoms with van der Waals surface area (Å²) in [6.45, 7) is 9.35. The quantitative estimate of drug-likeness (QED) is 0.548. The number of aryl methyl sites for hydroxylation is 1. The summed E-state index contributed by atoms with van der Waals surface area (Å²) in [4.78, 5) is 1.42. The summed E-state index contributed by atoms with van der Waals surface area (Å²) in [5.41, 5.74) is 2.74. The maximum atomic E-state index is 5.02. The molecule has 2 nitrogen and oxygen atoms in total. The van der Waals surface area contributed by atoms with Crippen LogP contribution in [-0.4, -0.2) is 26.0 Å². The van der Waals surface area contributed by atoms with Crippen LogP contribution in [0.1, 0.15) is 31.4 Å². The molecule has 0 amide bonds. The second-order valence-electron chi connectivity index (χ2n) is 5.30. The van der Waals surface area contributed by atoms with Crippen LogP contribution in [0, 0.1) is 12.8 Å². The van der Waals surface area contributed by atoms with Crippen molar-refractivity contribution in [2.75, 3.05) is 26.0 Å². The molecule has 0 radical (unpaired) electrons. The average Bonchev–Trinajstić information content (AvgIpc) is 2.37. The Balaban J connectivity index is 2.40. The van der Waals surface area contributed by atoms with Gasteiger partial charge < -0.3 is 10.1 Å². The van der Waals surface area contributed by atoms with Crippen molar-refractivity contribution in [3.8, 4) is 0 Å². The lowest BCUT2D eigenvalue weighted by molar-refractivity contribution is 0.199. The van der Waals surface area contributed by atoms with E-state index in [1.54, 1.807) is 7.11 Å². The zero-order valence-corrected chi connectivity index (χ0v) is 13.5. The molecule has 0 unspecified atom stereocenters. The third kappa shape index (κ3) is 7.00. The van der Waals surface area contributed by atoms with E-state index in [4.69, 9.17) is 4.74 Å². The zero-order chi connectivity index (χ0) is 14.1. The highest BCUT2D eigenvalue weighted by molar-refractivity contribution is 7.99. The first-order valence-electron chi connectivity index (χ1n) is 7.05. The van der Waals surface area contributed by atoms with Gasteiger partial charge in [0.25, 0.3) is 0 Å². The molecule has 0 saturated carbocycles. The molecule has 0 aliphatic rings. The molecule has 0 aromatic heterocycles. The van der Waals surface area contributed by atoms with Crippen LogP contribution in [0.5, 0.6) is 0 Å². The lowest BCUT2D eigenvalue weighted by atomic mass is 10.1. The lowest BCUT2D eigenvalue weighted by Crippen LogP contribution is -2.18. The molecule has 1 aromatic carbocycles. The van der Waals surface area contributed by atoms with Crippen molar-refractivity contribution in [3.63, 3.8) is 0 Å². The summed E-state index contributed by atoms with van der Waals surface area (Å²) in [6, 6.07) is 6.77. The van der Waals surface area contributed by atoms with Crippen molar-refractivity contribution in [3.05, 3.63) is 29.3 Å². The molecule has 1 N–H and O–H groups in total. The molecule has 0 heterocycles. The van der Waals surface area contributed by atoms with Crippen LogP contribution in [-0.2, 0) is 11.3 Å². The number of rotatable bonds is 9. The summed E-state index contributed by atoms with van der Waals surface area (Å²) in [5, 5.41) is 3.38. The van der Waals surface area contributed by atoms with Gasteiger partial charge in [0.15, 0.2) is 0 Å². The Morgan fingerprint density at radius 2 is 2.11 bits per heavy atom. The summed E-state index contributed by atoms with van der Waals surface area (Å²) in [7, 11) is 1.73. The van der Waals surface area contributed by atoms with Crippen LogP contribution in [0.2, 0.25) is 0 Å². The standard InChI is InChI=1S/C16H27NOS/c1-13(2)7-10-19-16-6-5-15(11-14(16)3)12-17-8-9-18-4/h5-6,11,13,17H,7-10,12H2,1-4H3. The van der Waals surface area contributed by atoms with Crippen LogP contribution in [0.15, 0.2) is 23.1 Å². The van der Waals surface area contributed by atoms with E-state index >= 15 is 0 Å². The largest absolute Gasteiger partial charge is 0.383 e. The molecule has 0 fully saturated rings. The Bertz CT molecular complexity index is 366. The smallest absolute Gasteiger partial charge is 0.0587 e. The Labute approximate surface area is 122 Å². The van der Waals surface area contributed by atoms with Crippen molar-refractivity contribution in [1.29, 1.82) is 0 Å². The van der Waals surface area contributed by atoms with Gasteiger partial charge >= 0.3 is 0 Å². The number of hydrogen-bond donors (Lipinski definition) is 1. The van der Waals surface area contributed by atoms with Crippen LogP contribution in [0.4, 0.5) is 0 Å². The maximum absolute atomic E-state index is 5.02. The van der Waals surface area contributed by atoms with Crippen molar-refractivity contribution >= 4 is 11.8 Å². The van der Waals surface area contributed by atoms with Crippen LogP contribution < -0.4 is 5.32 Å². The van der Waals surface area contributed by atoms with Gasteiger partial charge in [-0.05, 0) is 42.2 Å². The Morgan fingerprint density at radius 1 is 1.32 bits per heavy atom. The van der Waals surface area contributed by atoms with E-state index in [1.165, 1.54) is 28.2 Å². The van der Waals surface area contributed by atoms with E-state index in [-0.39, 0.29) is 0 Å². The first-order chi connectivity index (χ1) is 9.13. The van der Waals surface area contributed by atoms with Crippen LogP contribution in [0.25, 0.3) is 0 Å². The maximum Gasteiger partial charge on any atom is 0.0587 e. The number of ether oxygens (including phenoxy) is 1. The molecule has 0 bridgehead atoms. The summed E-state index contributed by atoms with van der Waals surface area (Å²) in [5.74, 6) is 2.00. The average molecular weight is 281 g/mol. The minimum absolute atomic E-state index is 0.766. The lowest BCUT2D eigenvalue weighted by Gasteiger charge is -2.10. The molecular weight excluding hydrogens is 254 g/mol. The molecule has 0 saturated heterocycles. The fourth-order valence-corrected chi connectivity index (χ4v) is 3.05. The van der Waals surface area contributed by atoms with Crippen molar-refractivity contribution < 1.29 is 4.74 Å². The van der Waals surface area contributed by atoms with Gasteiger partial charge in [-0.1, -0.05) is 26.0 Å². The van der Waals surface area contributed by atoms with Gasteiger partial charge in [-0.15, -0.1) is 11.8 Å². The summed E-state index contributed by atoms with van der Waals surface area (Å²) >= 11 is 1.98. The van der Waals surface area contributed by atoms with Gasteiger partial charge in [-0.25, -0.2) is 0 Å². The predicted octanol–water partition coefficient (Wildman–Crippen LogP) is 3.87. The van der Waals surface area contributed by atoms with Gasteiger partial charge in [0.05, 0.1) is 6.61 Å². The number of nitrogens with one attached hydrogen (secondary N) is 1. The van der Waals surface area contributed by atoms with E-state index in [2.05, 4.69) is 44.3 Å². The summed E-state index contributed by atoms with van der Waals surface area (Å²) < 4.78 is 5.02. The van der Waals surface area contributed by atoms with E-state index in [0.717, 1.165) is 25.6 Å². The van der Waals surface area contributed by atoms with Crippen molar-refractivity contribution in [2.45, 2.75) is 38.6 Å². The third-order valence-corrected chi connectivity index (χ3v) is 4.21. The van der Waals surface area contributed by atoms with Gasteiger partial charge in [0.1, 0.15) is 0 Å². The fourth-order valence-electron chi connectivity index (χ4n) is 1.79. The zero-order valence-electron chi connectivity index (χ0n) is 12.7. The number of benzene rings is 1. The molecule has 0 aliphatic carbocycles. The first-order valence-corrected chi connectivity index (χ1v) is 8.04. The Morgan fingerprint density at radius 3 is 2.74 bits per heavy atom. The monoisotopic (exact) mass is 281 g/mol. The third-order valence-electron chi connectivity index (χ3n) is 3.00. The van der Waals surface area contributed by atoms with Crippen molar-refractivity contribution in [2.24, 2.45) is 5.92 Å². The Hall–Kier alpha value is -0.510. The molecule has 3 heteroatoms. The highest BCUT2D eigenvalue weighted by Crippen LogP contribution is 2.25. The van der Waals surface area contributed by atoms with Crippen molar-refractivity contribution in [1.82, 2.24) is 5.32 Å². The molecule has 1 aromatic rings. The van der Waals surface area contributed by atoms with E-state index in [0.29, 0.717) is 0 Å². The topological polar surface area (TPSA) is 21.3 Å². The normalized spacial score (nSPS) is 11.2. The van der Waals surface area contributed by atoms with Gasteiger partial charge in [0.2, 0.25) is 0 Å². The second-order valence-corrected chi connectivity index (χ2v) is 6.44. The van der Waals surface area contributed by atoms with E-state index in [9.17, 15) is 0 Å². The highest BCUT2D eigenvalue weighted by Gasteiger charge is 2.02. The van der Waals surface area contributed by atoms with Crippen LogP contribution in [0.3, 0.4) is 0 Å². The molecule has 108 valence electrons. The molecule has 0 aliphatic heterocycles. The minimum atomic E-state index is 0.766. The molecule has 1 rings (SSSR count). The van der Waals surface area contributed by atoms with Crippen LogP contribution >= 0.6 is 11.8 Å². The molecule has 0 atom stereocenters. The van der Waals surface area contributed by atoms with E-state index < -0.39 is 0 Å². The summed E-state index contributed by atoms with van der Waals surface area (Å²) in [6.07, 6.45) is 1.28.